The average Bonchev–Trinajstić information content (AvgIpc) is 2.93. The molecule has 1 aromatic heterocycles. The number of nitriles is 1. The molecule has 0 aliphatic carbocycles. The van der Waals surface area contributed by atoms with Crippen LogP contribution in [-0.2, 0) is 0 Å². The van der Waals surface area contributed by atoms with E-state index in [0.29, 0.717) is 4.88 Å². The highest BCUT2D eigenvalue weighted by atomic mass is 32.1. The van der Waals surface area contributed by atoms with Crippen molar-refractivity contribution < 1.29 is 14.1 Å². The summed E-state index contributed by atoms with van der Waals surface area (Å²) in [5.74, 6) is -2.71. The molecule has 0 spiro atoms. The molecule has 2 rings (SSSR count). The number of Topliss-reactive ketones (excluding diaryl/α,β-unsaturated/α-hetero) is 1. The highest BCUT2D eigenvalue weighted by Crippen LogP contribution is 2.29. The molecule has 1 aromatic carbocycles. The molecule has 0 aliphatic rings. The van der Waals surface area contributed by atoms with E-state index in [9.17, 15) is 19.3 Å². The molecule has 0 aliphatic heterocycles. The van der Waals surface area contributed by atoms with Crippen LogP contribution in [0.5, 0.6) is 0 Å². The number of nitro groups is 1. The fourth-order valence-corrected chi connectivity index (χ4v) is 2.49. The summed E-state index contributed by atoms with van der Waals surface area (Å²) < 4.78 is 13.2. The van der Waals surface area contributed by atoms with Crippen molar-refractivity contribution in [3.05, 3.63) is 62.1 Å². The number of benzene rings is 1. The van der Waals surface area contributed by atoms with Gasteiger partial charge in [0.05, 0.1) is 16.6 Å². The Bertz CT molecular complexity index is 707. The third-order valence-corrected chi connectivity index (χ3v) is 3.58. The molecule has 100 valence electrons. The smallest absolute Gasteiger partial charge is 0.280 e. The summed E-state index contributed by atoms with van der Waals surface area (Å²) in [6.07, 6.45) is 0. The fraction of sp³-hybridized carbons (Fsp3) is 0.0769. The normalized spacial score (nSPS) is 11.6. The van der Waals surface area contributed by atoms with Gasteiger partial charge in [-0.2, -0.15) is 5.26 Å². The number of rotatable bonds is 4. The molecule has 5 nitrogen and oxygen atoms in total. The zero-order valence-corrected chi connectivity index (χ0v) is 10.8. The molecule has 0 N–H and O–H groups in total. The van der Waals surface area contributed by atoms with E-state index in [1.165, 1.54) is 11.3 Å². The van der Waals surface area contributed by atoms with E-state index in [4.69, 9.17) is 5.26 Å². The Hall–Kier alpha value is -2.59. The molecule has 20 heavy (non-hydrogen) atoms. The van der Waals surface area contributed by atoms with E-state index < -0.39 is 33.7 Å². The summed E-state index contributed by atoms with van der Waals surface area (Å²) in [6.45, 7) is 0. The lowest BCUT2D eigenvalue weighted by molar-refractivity contribution is -0.385. The second-order valence-corrected chi connectivity index (χ2v) is 4.84. The lowest BCUT2D eigenvalue weighted by atomic mass is 9.96. The van der Waals surface area contributed by atoms with Gasteiger partial charge in [0.25, 0.3) is 5.69 Å². The first-order chi connectivity index (χ1) is 9.54. The summed E-state index contributed by atoms with van der Waals surface area (Å²) in [4.78, 5) is 22.9. The highest BCUT2D eigenvalue weighted by molar-refractivity contribution is 7.10. The van der Waals surface area contributed by atoms with Gasteiger partial charge >= 0.3 is 0 Å². The Morgan fingerprint density at radius 1 is 1.45 bits per heavy atom. The van der Waals surface area contributed by atoms with E-state index >= 15 is 0 Å². The first-order valence-electron chi connectivity index (χ1n) is 5.45. The summed E-state index contributed by atoms with van der Waals surface area (Å²) in [5, 5.41) is 21.7. The van der Waals surface area contributed by atoms with Crippen molar-refractivity contribution in [3.63, 3.8) is 0 Å². The summed E-state index contributed by atoms with van der Waals surface area (Å²) >= 11 is 1.19. The molecule has 1 atom stereocenters. The van der Waals surface area contributed by atoms with Gasteiger partial charge in [-0.15, -0.1) is 11.3 Å². The van der Waals surface area contributed by atoms with E-state index in [0.717, 1.165) is 18.2 Å². The molecular weight excluding hydrogens is 283 g/mol. The van der Waals surface area contributed by atoms with Crippen molar-refractivity contribution in [1.82, 2.24) is 0 Å². The standard InChI is InChI=1S/C13H7FN2O3S/c14-8-3-4-11(16(18)19)9(6-8)13(17)10(7-15)12-2-1-5-20-12/h1-6,10H. The third-order valence-electron chi connectivity index (χ3n) is 2.64. The van der Waals surface area contributed by atoms with Crippen molar-refractivity contribution in [2.24, 2.45) is 0 Å². The number of hydrogen-bond acceptors (Lipinski definition) is 5. The monoisotopic (exact) mass is 290 g/mol. The Kier molecular flexibility index (Phi) is 3.86. The van der Waals surface area contributed by atoms with Crippen LogP contribution in [0.1, 0.15) is 21.2 Å². The summed E-state index contributed by atoms with van der Waals surface area (Å²) in [6, 6.07) is 7.67. The summed E-state index contributed by atoms with van der Waals surface area (Å²) in [5.41, 5.74) is -0.900. The average molecular weight is 290 g/mol. The molecule has 0 bridgehead atoms. The second-order valence-electron chi connectivity index (χ2n) is 3.86. The maximum atomic E-state index is 13.2. The molecule has 0 amide bonds. The number of nitrogens with zero attached hydrogens (tertiary/aromatic N) is 2. The lowest BCUT2D eigenvalue weighted by Crippen LogP contribution is -2.12. The molecular formula is C13H7FN2O3S. The Labute approximate surface area is 117 Å². The summed E-state index contributed by atoms with van der Waals surface area (Å²) in [7, 11) is 0. The molecule has 0 saturated carbocycles. The van der Waals surface area contributed by atoms with Gasteiger partial charge in [0.2, 0.25) is 0 Å². The minimum absolute atomic E-state index is 0.394. The third kappa shape index (κ3) is 2.55. The van der Waals surface area contributed by atoms with Crippen molar-refractivity contribution in [3.8, 4) is 6.07 Å². The van der Waals surface area contributed by atoms with Gasteiger partial charge in [0, 0.05) is 10.9 Å². The predicted octanol–water partition coefficient (Wildman–Crippen LogP) is 3.29. The zero-order chi connectivity index (χ0) is 14.7. The van der Waals surface area contributed by atoms with E-state index in [-0.39, 0.29) is 0 Å². The molecule has 0 saturated heterocycles. The largest absolute Gasteiger partial charge is 0.292 e. The van der Waals surface area contributed by atoms with Crippen LogP contribution in [-0.4, -0.2) is 10.7 Å². The van der Waals surface area contributed by atoms with Crippen LogP contribution in [0.2, 0.25) is 0 Å². The first-order valence-corrected chi connectivity index (χ1v) is 6.33. The molecule has 7 heteroatoms. The van der Waals surface area contributed by atoms with E-state index in [2.05, 4.69) is 0 Å². The minimum atomic E-state index is -1.17. The minimum Gasteiger partial charge on any atom is -0.292 e. The van der Waals surface area contributed by atoms with Crippen molar-refractivity contribution in [2.75, 3.05) is 0 Å². The first kappa shape index (κ1) is 13.8. The Balaban J connectivity index is 2.50. The van der Waals surface area contributed by atoms with Crippen LogP contribution in [0.25, 0.3) is 0 Å². The second kappa shape index (κ2) is 5.59. The molecule has 0 fully saturated rings. The van der Waals surface area contributed by atoms with Gasteiger partial charge in [-0.25, -0.2) is 4.39 Å². The van der Waals surface area contributed by atoms with Crippen molar-refractivity contribution in [1.29, 1.82) is 5.26 Å². The molecule has 1 unspecified atom stereocenters. The van der Waals surface area contributed by atoms with E-state index in [1.54, 1.807) is 23.6 Å². The van der Waals surface area contributed by atoms with Crippen LogP contribution in [0, 0.1) is 27.3 Å². The number of ketones is 1. The van der Waals surface area contributed by atoms with Gasteiger partial charge < -0.3 is 0 Å². The number of hydrogen-bond donors (Lipinski definition) is 0. The van der Waals surface area contributed by atoms with Gasteiger partial charge in [-0.05, 0) is 23.6 Å². The van der Waals surface area contributed by atoms with Crippen LogP contribution < -0.4 is 0 Å². The highest BCUT2D eigenvalue weighted by Gasteiger charge is 2.29. The Morgan fingerprint density at radius 2 is 2.20 bits per heavy atom. The van der Waals surface area contributed by atoms with Gasteiger partial charge in [-0.1, -0.05) is 6.07 Å². The number of carbonyl (C=O) groups is 1. The van der Waals surface area contributed by atoms with Gasteiger partial charge in [0.15, 0.2) is 5.78 Å². The number of halogens is 1. The van der Waals surface area contributed by atoms with E-state index in [1.807, 2.05) is 0 Å². The van der Waals surface area contributed by atoms with Crippen molar-refractivity contribution in [2.45, 2.75) is 5.92 Å². The topological polar surface area (TPSA) is 84.0 Å². The van der Waals surface area contributed by atoms with Crippen LogP contribution in [0.15, 0.2) is 35.7 Å². The zero-order valence-electron chi connectivity index (χ0n) is 9.95. The maximum Gasteiger partial charge on any atom is 0.280 e. The SMILES string of the molecule is N#CC(C(=O)c1cc(F)ccc1[N+](=O)[O-])c1cccs1. The Morgan fingerprint density at radius 3 is 2.75 bits per heavy atom. The quantitative estimate of drug-likeness (QED) is 0.491. The number of nitro benzene ring substituents is 1. The van der Waals surface area contributed by atoms with Crippen LogP contribution >= 0.6 is 11.3 Å². The maximum absolute atomic E-state index is 13.2. The predicted molar refractivity (Wildman–Crippen MR) is 70.1 cm³/mol. The van der Waals surface area contributed by atoms with Crippen LogP contribution in [0.3, 0.4) is 0 Å². The number of thiophene rings is 1. The fourth-order valence-electron chi connectivity index (χ4n) is 1.73. The molecule has 0 radical (unpaired) electrons. The molecule has 2 aromatic rings. The van der Waals surface area contributed by atoms with Gasteiger partial charge in [-0.3, -0.25) is 14.9 Å². The molecule has 1 heterocycles. The van der Waals surface area contributed by atoms with Crippen molar-refractivity contribution >= 4 is 22.8 Å². The lowest BCUT2D eigenvalue weighted by Gasteiger charge is -2.06. The van der Waals surface area contributed by atoms with Gasteiger partial charge in [0.1, 0.15) is 11.7 Å². The van der Waals surface area contributed by atoms with Crippen LogP contribution in [0.4, 0.5) is 10.1 Å². The number of carbonyl (C=O) groups excluding carboxylic acids is 1.